The molecule has 122 valence electrons. The number of fused-ring (bicyclic) bond motifs is 1. The van der Waals surface area contributed by atoms with Gasteiger partial charge in [-0.15, -0.1) is 0 Å². The van der Waals surface area contributed by atoms with Crippen molar-refractivity contribution in [1.29, 1.82) is 0 Å². The predicted molar refractivity (Wildman–Crippen MR) is 94.2 cm³/mol. The highest BCUT2D eigenvalue weighted by molar-refractivity contribution is 6.30. The number of benzene rings is 2. The largest absolute Gasteiger partial charge is 0.497 e. The monoisotopic (exact) mass is 342 g/mol. The molecule has 6 heteroatoms. The van der Waals surface area contributed by atoms with Gasteiger partial charge >= 0.3 is 0 Å². The summed E-state index contributed by atoms with van der Waals surface area (Å²) in [6.45, 7) is 1.45. The molecule has 3 rings (SSSR count). The van der Waals surface area contributed by atoms with Gasteiger partial charge in [-0.3, -0.25) is 14.2 Å². The number of rotatable bonds is 3. The van der Waals surface area contributed by atoms with Gasteiger partial charge in [0.05, 0.1) is 18.2 Å². The Balaban J connectivity index is 2.05. The van der Waals surface area contributed by atoms with E-state index in [1.54, 1.807) is 49.6 Å². The van der Waals surface area contributed by atoms with Gasteiger partial charge in [0.15, 0.2) is 0 Å². The average Bonchev–Trinajstić information content (AvgIpc) is 2.96. The summed E-state index contributed by atoms with van der Waals surface area (Å²) in [6.07, 6.45) is 1.54. The first kappa shape index (κ1) is 16.1. The van der Waals surface area contributed by atoms with Crippen molar-refractivity contribution in [1.82, 2.24) is 4.57 Å². The minimum Gasteiger partial charge on any atom is -0.497 e. The third-order valence-corrected chi connectivity index (χ3v) is 3.95. The molecule has 0 bridgehead atoms. The molecule has 0 unspecified atom stereocenters. The second-order valence-corrected chi connectivity index (χ2v) is 5.71. The molecule has 0 atom stereocenters. The van der Waals surface area contributed by atoms with Crippen LogP contribution >= 0.6 is 11.6 Å². The third-order valence-electron chi connectivity index (χ3n) is 3.70. The van der Waals surface area contributed by atoms with Crippen molar-refractivity contribution in [2.24, 2.45) is 0 Å². The Hall–Kier alpha value is -2.79. The Labute approximate surface area is 143 Å². The topological polar surface area (TPSA) is 60.3 Å². The van der Waals surface area contributed by atoms with Gasteiger partial charge in [0, 0.05) is 29.2 Å². The van der Waals surface area contributed by atoms with E-state index in [4.69, 9.17) is 16.3 Å². The molecule has 1 aromatic heterocycles. The maximum Gasteiger partial charge on any atom is 0.257 e. The standard InChI is InChI=1S/C18H15ClN2O3/c1-11(22)21-10-16(15-9-14(24-2)7-8-17(15)21)18(23)20-13-5-3-12(19)4-6-13/h3-10H,1-2H3,(H,20,23). The van der Waals surface area contributed by atoms with Crippen LogP contribution in [0.3, 0.4) is 0 Å². The first-order chi connectivity index (χ1) is 11.5. The molecule has 1 N–H and O–H groups in total. The first-order valence-electron chi connectivity index (χ1n) is 7.26. The normalized spacial score (nSPS) is 10.6. The van der Waals surface area contributed by atoms with Gasteiger partial charge in [-0.25, -0.2) is 0 Å². The van der Waals surface area contributed by atoms with E-state index in [1.165, 1.54) is 17.7 Å². The second kappa shape index (κ2) is 6.37. The molecule has 0 aliphatic heterocycles. The summed E-state index contributed by atoms with van der Waals surface area (Å²) < 4.78 is 6.67. The minimum atomic E-state index is -0.310. The number of anilines is 1. The van der Waals surface area contributed by atoms with Crippen LogP contribution in [0.5, 0.6) is 5.75 Å². The summed E-state index contributed by atoms with van der Waals surface area (Å²) in [4.78, 5) is 24.5. The molecule has 0 radical (unpaired) electrons. The van der Waals surface area contributed by atoms with Crippen molar-refractivity contribution in [2.75, 3.05) is 12.4 Å². The van der Waals surface area contributed by atoms with Gasteiger partial charge in [-0.05, 0) is 42.5 Å². The Morgan fingerprint density at radius 3 is 2.46 bits per heavy atom. The highest BCUT2D eigenvalue weighted by Gasteiger charge is 2.17. The molecular formula is C18H15ClN2O3. The van der Waals surface area contributed by atoms with Crippen molar-refractivity contribution in [3.8, 4) is 5.75 Å². The fourth-order valence-electron chi connectivity index (χ4n) is 2.51. The molecule has 3 aromatic rings. The average molecular weight is 343 g/mol. The zero-order chi connectivity index (χ0) is 17.3. The van der Waals surface area contributed by atoms with Crippen molar-refractivity contribution in [3.63, 3.8) is 0 Å². The zero-order valence-corrected chi connectivity index (χ0v) is 13.9. The zero-order valence-electron chi connectivity index (χ0n) is 13.2. The number of carbonyl (C=O) groups is 2. The Bertz CT molecular complexity index is 929. The van der Waals surface area contributed by atoms with E-state index in [2.05, 4.69) is 5.32 Å². The van der Waals surface area contributed by atoms with Crippen LogP contribution in [0.2, 0.25) is 5.02 Å². The number of halogens is 1. The van der Waals surface area contributed by atoms with Gasteiger partial charge in [0.2, 0.25) is 5.91 Å². The molecule has 2 aromatic carbocycles. The summed E-state index contributed by atoms with van der Waals surface area (Å²) >= 11 is 5.85. The number of hydrogen-bond acceptors (Lipinski definition) is 3. The maximum absolute atomic E-state index is 12.6. The van der Waals surface area contributed by atoms with E-state index in [9.17, 15) is 9.59 Å². The van der Waals surface area contributed by atoms with Crippen molar-refractivity contribution in [2.45, 2.75) is 6.92 Å². The van der Waals surface area contributed by atoms with E-state index in [-0.39, 0.29) is 11.8 Å². The summed E-state index contributed by atoms with van der Waals surface area (Å²) in [5.74, 6) is 0.135. The van der Waals surface area contributed by atoms with Crippen LogP contribution in [0.1, 0.15) is 22.1 Å². The Kier molecular flexibility index (Phi) is 4.27. The lowest BCUT2D eigenvalue weighted by Crippen LogP contribution is -2.11. The summed E-state index contributed by atoms with van der Waals surface area (Å²) in [6, 6.07) is 12.1. The van der Waals surface area contributed by atoms with Crippen LogP contribution in [0.4, 0.5) is 5.69 Å². The molecule has 0 saturated heterocycles. The number of amides is 1. The van der Waals surface area contributed by atoms with Crippen molar-refractivity contribution in [3.05, 3.63) is 59.2 Å². The van der Waals surface area contributed by atoms with Crippen molar-refractivity contribution < 1.29 is 14.3 Å². The fraction of sp³-hybridized carbons (Fsp3) is 0.111. The van der Waals surface area contributed by atoms with E-state index < -0.39 is 0 Å². The van der Waals surface area contributed by atoms with Crippen LogP contribution in [0.25, 0.3) is 10.9 Å². The van der Waals surface area contributed by atoms with Crippen LogP contribution in [0.15, 0.2) is 48.7 Å². The smallest absolute Gasteiger partial charge is 0.257 e. The quantitative estimate of drug-likeness (QED) is 0.775. The molecule has 0 aliphatic rings. The van der Waals surface area contributed by atoms with Crippen LogP contribution in [0, 0.1) is 0 Å². The van der Waals surface area contributed by atoms with Crippen LogP contribution < -0.4 is 10.1 Å². The molecule has 24 heavy (non-hydrogen) atoms. The molecule has 0 saturated carbocycles. The number of ether oxygens (including phenoxy) is 1. The van der Waals surface area contributed by atoms with Crippen molar-refractivity contribution >= 4 is 40.0 Å². The lowest BCUT2D eigenvalue weighted by Gasteiger charge is -2.05. The molecule has 5 nitrogen and oxygen atoms in total. The third kappa shape index (κ3) is 2.98. The Morgan fingerprint density at radius 1 is 1.12 bits per heavy atom. The second-order valence-electron chi connectivity index (χ2n) is 5.28. The molecular weight excluding hydrogens is 328 g/mol. The lowest BCUT2D eigenvalue weighted by atomic mass is 10.1. The van der Waals surface area contributed by atoms with Crippen LogP contribution in [-0.2, 0) is 0 Å². The van der Waals surface area contributed by atoms with Gasteiger partial charge in [-0.1, -0.05) is 11.6 Å². The number of nitrogens with one attached hydrogen (secondary N) is 1. The van der Waals surface area contributed by atoms with Gasteiger partial charge < -0.3 is 10.1 Å². The summed E-state index contributed by atoms with van der Waals surface area (Å²) in [7, 11) is 1.55. The maximum atomic E-state index is 12.6. The molecule has 1 heterocycles. The summed E-state index contributed by atoms with van der Waals surface area (Å²) in [5, 5.41) is 4.04. The number of methoxy groups -OCH3 is 1. The molecule has 1 amide bonds. The first-order valence-corrected chi connectivity index (χ1v) is 7.64. The van der Waals surface area contributed by atoms with Gasteiger partial charge in [0.1, 0.15) is 5.75 Å². The Morgan fingerprint density at radius 2 is 1.83 bits per heavy atom. The fourth-order valence-corrected chi connectivity index (χ4v) is 2.64. The highest BCUT2D eigenvalue weighted by Crippen LogP contribution is 2.27. The number of nitrogens with zero attached hydrogens (tertiary/aromatic N) is 1. The summed E-state index contributed by atoms with van der Waals surface area (Å²) in [5.41, 5.74) is 1.68. The number of hydrogen-bond donors (Lipinski definition) is 1. The van der Waals surface area contributed by atoms with E-state index in [0.717, 1.165) is 0 Å². The highest BCUT2D eigenvalue weighted by atomic mass is 35.5. The number of aromatic nitrogens is 1. The lowest BCUT2D eigenvalue weighted by molar-refractivity contribution is 0.0941. The van der Waals surface area contributed by atoms with E-state index in [1.807, 2.05) is 0 Å². The molecule has 0 aliphatic carbocycles. The molecule has 0 spiro atoms. The van der Waals surface area contributed by atoms with E-state index >= 15 is 0 Å². The molecule has 0 fully saturated rings. The predicted octanol–water partition coefficient (Wildman–Crippen LogP) is 4.22. The van der Waals surface area contributed by atoms with Gasteiger partial charge in [0.25, 0.3) is 5.91 Å². The minimum absolute atomic E-state index is 0.171. The van der Waals surface area contributed by atoms with Crippen LogP contribution in [-0.4, -0.2) is 23.5 Å². The van der Waals surface area contributed by atoms with Gasteiger partial charge in [-0.2, -0.15) is 0 Å². The SMILES string of the molecule is COc1ccc2c(c1)c(C(=O)Nc1ccc(Cl)cc1)cn2C(C)=O. The van der Waals surface area contributed by atoms with E-state index in [0.29, 0.717) is 32.9 Å². The number of carbonyl (C=O) groups excluding carboxylic acids is 2.